The summed E-state index contributed by atoms with van der Waals surface area (Å²) in [4.78, 5) is 14.2. The molecule has 4 atom stereocenters. The summed E-state index contributed by atoms with van der Waals surface area (Å²) >= 11 is 0. The summed E-state index contributed by atoms with van der Waals surface area (Å²) in [7, 11) is 1.76. The summed E-state index contributed by atoms with van der Waals surface area (Å²) in [5.41, 5.74) is 0. The summed E-state index contributed by atoms with van der Waals surface area (Å²) < 4.78 is 10.8. The van der Waals surface area contributed by atoms with E-state index in [9.17, 15) is 9.90 Å². The molecule has 6 nitrogen and oxygen atoms in total. The summed E-state index contributed by atoms with van der Waals surface area (Å²) in [5, 5.41) is 13.5. The van der Waals surface area contributed by atoms with E-state index >= 15 is 0 Å². The Bertz CT molecular complexity index is 383. The van der Waals surface area contributed by atoms with Crippen LogP contribution in [0.5, 0.6) is 0 Å². The van der Waals surface area contributed by atoms with Gasteiger partial charge >= 0.3 is 0 Å². The van der Waals surface area contributed by atoms with Gasteiger partial charge in [0.1, 0.15) is 0 Å². The van der Waals surface area contributed by atoms with E-state index in [1.165, 1.54) is 25.7 Å². The third-order valence-corrected chi connectivity index (χ3v) is 5.01. The van der Waals surface area contributed by atoms with Crippen molar-refractivity contribution in [3.05, 3.63) is 0 Å². The molecule has 1 saturated heterocycles. The number of aliphatic hydroxyl groups excluding tert-OH is 1. The number of halogens is 1. The van der Waals surface area contributed by atoms with Crippen molar-refractivity contribution < 1.29 is 19.4 Å². The van der Waals surface area contributed by atoms with Gasteiger partial charge in [0.2, 0.25) is 5.91 Å². The molecule has 0 spiro atoms. The van der Waals surface area contributed by atoms with E-state index in [1.54, 1.807) is 11.9 Å². The van der Waals surface area contributed by atoms with Crippen molar-refractivity contribution in [1.29, 1.82) is 0 Å². The monoisotopic (exact) mass is 378 g/mol. The Morgan fingerprint density at radius 1 is 1.28 bits per heavy atom. The fourth-order valence-corrected chi connectivity index (χ4v) is 3.80. The predicted molar refractivity (Wildman–Crippen MR) is 100 cm³/mol. The van der Waals surface area contributed by atoms with Gasteiger partial charge in [-0.25, -0.2) is 0 Å². The number of rotatable bonds is 9. The van der Waals surface area contributed by atoms with Crippen LogP contribution in [-0.2, 0) is 14.3 Å². The Morgan fingerprint density at radius 2 is 2.00 bits per heavy atom. The molecule has 2 rings (SSSR count). The number of hydrogen-bond donors (Lipinski definition) is 2. The highest BCUT2D eigenvalue weighted by Crippen LogP contribution is 2.33. The number of aliphatic hydroxyl groups is 1. The highest BCUT2D eigenvalue weighted by Gasteiger charge is 2.39. The number of nitrogens with zero attached hydrogens (tertiary/aromatic N) is 1. The smallest absolute Gasteiger partial charge is 0.239 e. The Morgan fingerprint density at radius 3 is 2.68 bits per heavy atom. The van der Waals surface area contributed by atoms with Crippen LogP contribution in [0.4, 0.5) is 0 Å². The van der Waals surface area contributed by atoms with E-state index in [1.807, 2.05) is 13.8 Å². The van der Waals surface area contributed by atoms with Gasteiger partial charge in [-0.2, -0.15) is 0 Å². The van der Waals surface area contributed by atoms with E-state index in [-0.39, 0.29) is 37.1 Å². The molecule has 2 fully saturated rings. The molecule has 7 heteroatoms. The molecule has 4 unspecified atom stereocenters. The maximum Gasteiger partial charge on any atom is 0.239 e. The third-order valence-electron chi connectivity index (χ3n) is 5.01. The zero-order valence-electron chi connectivity index (χ0n) is 15.8. The Labute approximate surface area is 158 Å². The van der Waals surface area contributed by atoms with E-state index in [2.05, 4.69) is 5.32 Å². The molecule has 0 aromatic heterocycles. The van der Waals surface area contributed by atoms with Gasteiger partial charge in [0.25, 0.3) is 0 Å². The molecule has 0 aromatic rings. The second-order valence-electron chi connectivity index (χ2n) is 7.47. The van der Waals surface area contributed by atoms with E-state index < -0.39 is 6.10 Å². The normalized spacial score (nSPS) is 26.8. The molecule has 1 aliphatic heterocycles. The molecule has 2 N–H and O–H groups in total. The lowest BCUT2D eigenvalue weighted by atomic mass is 9.85. The molecule has 2 aliphatic rings. The van der Waals surface area contributed by atoms with Gasteiger partial charge < -0.3 is 24.8 Å². The third kappa shape index (κ3) is 7.39. The van der Waals surface area contributed by atoms with Crippen LogP contribution < -0.4 is 5.32 Å². The molecule has 1 heterocycles. The summed E-state index contributed by atoms with van der Waals surface area (Å²) in [6, 6.07) is 0.422. The topological polar surface area (TPSA) is 71.0 Å². The minimum atomic E-state index is -0.665. The molecule has 25 heavy (non-hydrogen) atoms. The molecule has 0 radical (unpaired) electrons. The number of fused-ring (bicyclic) bond motifs is 1. The first-order chi connectivity index (χ1) is 11.5. The van der Waals surface area contributed by atoms with Crippen LogP contribution in [0.3, 0.4) is 0 Å². The highest BCUT2D eigenvalue weighted by atomic mass is 35.5. The van der Waals surface area contributed by atoms with Crippen LogP contribution in [0.15, 0.2) is 0 Å². The molecule has 148 valence electrons. The quantitative estimate of drug-likeness (QED) is 0.596. The average molecular weight is 379 g/mol. The van der Waals surface area contributed by atoms with E-state index in [4.69, 9.17) is 9.47 Å². The average Bonchev–Trinajstić information content (AvgIpc) is 2.97. The number of carbonyl (C=O) groups is 1. The Balaban J connectivity index is 0.00000312. The molecule has 1 saturated carbocycles. The standard InChI is InChI=1S/C18H34N2O4.ClH/c1-13(2)24-9-8-23-12-15(21)11-20(3)18(22)17-10-14-6-4-5-7-16(14)19-17;/h13-17,19,21H,4-12H2,1-3H3;1H. The molecular formula is C18H35ClN2O4. The number of ether oxygens (including phenoxy) is 2. The predicted octanol–water partition coefficient (Wildman–Crippen LogP) is 1.59. The zero-order chi connectivity index (χ0) is 17.5. The first-order valence-electron chi connectivity index (χ1n) is 9.35. The van der Waals surface area contributed by atoms with Gasteiger partial charge in [-0.1, -0.05) is 12.8 Å². The summed E-state index contributed by atoms with van der Waals surface area (Å²) in [6.07, 6.45) is 5.43. The molecular weight excluding hydrogens is 344 g/mol. The second kappa shape index (κ2) is 11.3. The lowest BCUT2D eigenvalue weighted by molar-refractivity contribution is -0.133. The van der Waals surface area contributed by atoms with Crippen molar-refractivity contribution in [2.45, 2.75) is 70.2 Å². The van der Waals surface area contributed by atoms with Crippen molar-refractivity contribution in [2.24, 2.45) is 5.92 Å². The first kappa shape index (κ1) is 22.6. The SMILES string of the molecule is CC(C)OCCOCC(O)CN(C)C(=O)C1CC2CCCCC2N1.Cl. The van der Waals surface area contributed by atoms with Gasteiger partial charge in [0.15, 0.2) is 0 Å². The van der Waals surface area contributed by atoms with Gasteiger partial charge in [0, 0.05) is 19.6 Å². The largest absolute Gasteiger partial charge is 0.389 e. The van der Waals surface area contributed by atoms with Crippen LogP contribution in [-0.4, -0.2) is 73.6 Å². The van der Waals surface area contributed by atoms with E-state index in [0.29, 0.717) is 31.7 Å². The number of nitrogens with one attached hydrogen (secondary N) is 1. The fourth-order valence-electron chi connectivity index (χ4n) is 3.80. The van der Waals surface area contributed by atoms with Crippen molar-refractivity contribution in [2.75, 3.05) is 33.4 Å². The number of likely N-dealkylation sites (N-methyl/N-ethyl adjacent to an activating group) is 1. The van der Waals surface area contributed by atoms with Crippen LogP contribution in [0.2, 0.25) is 0 Å². The molecule has 1 amide bonds. The van der Waals surface area contributed by atoms with E-state index in [0.717, 1.165) is 6.42 Å². The Kier molecular flexibility index (Phi) is 10.3. The molecule has 0 bridgehead atoms. The highest BCUT2D eigenvalue weighted by molar-refractivity contribution is 5.85. The van der Waals surface area contributed by atoms with Crippen LogP contribution in [0.25, 0.3) is 0 Å². The van der Waals surface area contributed by atoms with Crippen molar-refractivity contribution in [1.82, 2.24) is 10.2 Å². The van der Waals surface area contributed by atoms with Gasteiger partial charge in [-0.05, 0) is 39.0 Å². The zero-order valence-corrected chi connectivity index (χ0v) is 16.6. The van der Waals surface area contributed by atoms with Gasteiger partial charge in [0.05, 0.1) is 38.1 Å². The van der Waals surface area contributed by atoms with Crippen molar-refractivity contribution >= 4 is 18.3 Å². The van der Waals surface area contributed by atoms with Gasteiger partial charge in [-0.15, -0.1) is 12.4 Å². The number of carbonyl (C=O) groups excluding carboxylic acids is 1. The number of hydrogen-bond acceptors (Lipinski definition) is 5. The first-order valence-corrected chi connectivity index (χ1v) is 9.35. The molecule has 0 aromatic carbocycles. The minimum Gasteiger partial charge on any atom is -0.389 e. The summed E-state index contributed by atoms with van der Waals surface area (Å²) in [5.74, 6) is 0.738. The van der Waals surface area contributed by atoms with Crippen LogP contribution >= 0.6 is 12.4 Å². The minimum absolute atomic E-state index is 0. The maximum absolute atomic E-state index is 12.6. The van der Waals surface area contributed by atoms with Crippen molar-refractivity contribution in [3.63, 3.8) is 0 Å². The lowest BCUT2D eigenvalue weighted by Crippen LogP contribution is -2.46. The second-order valence-corrected chi connectivity index (χ2v) is 7.47. The maximum atomic E-state index is 12.6. The van der Waals surface area contributed by atoms with Crippen LogP contribution in [0.1, 0.15) is 46.0 Å². The Hall–Kier alpha value is -0.400. The summed E-state index contributed by atoms with van der Waals surface area (Å²) in [6.45, 7) is 5.46. The van der Waals surface area contributed by atoms with Crippen molar-refractivity contribution in [3.8, 4) is 0 Å². The van der Waals surface area contributed by atoms with Crippen LogP contribution in [0, 0.1) is 5.92 Å². The number of amides is 1. The molecule has 1 aliphatic carbocycles. The van der Waals surface area contributed by atoms with Gasteiger partial charge in [-0.3, -0.25) is 4.79 Å². The lowest BCUT2D eigenvalue weighted by Gasteiger charge is -2.25. The fraction of sp³-hybridized carbons (Fsp3) is 0.944.